The van der Waals surface area contributed by atoms with Gasteiger partial charge in [-0.2, -0.15) is 5.26 Å². The van der Waals surface area contributed by atoms with Crippen LogP contribution in [0.2, 0.25) is 0 Å². The third-order valence-corrected chi connectivity index (χ3v) is 5.09. The van der Waals surface area contributed by atoms with Crippen LogP contribution in [0.4, 0.5) is 0 Å². The van der Waals surface area contributed by atoms with Gasteiger partial charge in [-0.3, -0.25) is 0 Å². The molecule has 5 heteroatoms. The Balaban J connectivity index is 2.06. The Labute approximate surface area is 128 Å². The predicted molar refractivity (Wildman–Crippen MR) is 82.3 cm³/mol. The van der Waals surface area contributed by atoms with Gasteiger partial charge in [-0.1, -0.05) is 6.07 Å². The highest BCUT2D eigenvalue weighted by Crippen LogP contribution is 2.41. The van der Waals surface area contributed by atoms with Crippen LogP contribution in [0, 0.1) is 11.3 Å². The van der Waals surface area contributed by atoms with E-state index in [0.717, 1.165) is 35.4 Å². The maximum atomic E-state index is 9.33. The van der Waals surface area contributed by atoms with E-state index in [2.05, 4.69) is 22.1 Å². The minimum Gasteiger partial charge on any atom is -0.396 e. The van der Waals surface area contributed by atoms with Gasteiger partial charge < -0.3 is 10.1 Å². The first kappa shape index (κ1) is 14.2. The van der Waals surface area contributed by atoms with Gasteiger partial charge in [0.05, 0.1) is 18.5 Å². The van der Waals surface area contributed by atoms with Crippen LogP contribution in [0.3, 0.4) is 0 Å². The first-order chi connectivity index (χ1) is 10.3. The zero-order chi connectivity index (χ0) is 14.7. The molecule has 0 amide bonds. The zero-order valence-corrected chi connectivity index (χ0v) is 12.5. The molecule has 0 bridgehead atoms. The number of nitrogens with one attached hydrogen (secondary N) is 1. The average Bonchev–Trinajstić information content (AvgIpc) is 3.06. The number of thioether (sulfide) groups is 1. The second-order valence-electron chi connectivity index (χ2n) is 5.15. The minimum absolute atomic E-state index is 0.128. The predicted octanol–water partition coefficient (Wildman–Crippen LogP) is 2.83. The second-order valence-corrected chi connectivity index (χ2v) is 6.25. The van der Waals surface area contributed by atoms with Crippen LogP contribution >= 0.6 is 11.8 Å². The number of aliphatic hydroxyl groups is 1. The molecule has 3 rings (SSSR count). The number of rotatable bonds is 4. The van der Waals surface area contributed by atoms with Crippen LogP contribution in [0.15, 0.2) is 29.6 Å². The number of aromatic amines is 1. The zero-order valence-electron chi connectivity index (χ0n) is 11.7. The molecular weight excluding hydrogens is 282 g/mol. The molecule has 0 aliphatic heterocycles. The van der Waals surface area contributed by atoms with Crippen molar-refractivity contribution in [2.45, 2.75) is 30.1 Å². The monoisotopic (exact) mass is 299 g/mol. The number of H-pyrrole nitrogens is 1. The fourth-order valence-electron chi connectivity index (χ4n) is 3.05. The van der Waals surface area contributed by atoms with Gasteiger partial charge in [-0.15, -0.1) is 11.8 Å². The highest BCUT2D eigenvalue weighted by molar-refractivity contribution is 7.99. The standard InChI is InChI=1S/C16H17N3OS/c17-8-11-4-5-12-13(15-9-18-10-19-15)2-1-3-14(12)16(11)21-7-6-20/h4-5,9-10,13,20H,1-3,6-7H2,(H,18,19). The van der Waals surface area contributed by atoms with Crippen LogP contribution in [0.1, 0.15) is 41.1 Å². The van der Waals surface area contributed by atoms with Gasteiger partial charge in [0, 0.05) is 28.5 Å². The van der Waals surface area contributed by atoms with Crippen LogP contribution in [0.25, 0.3) is 0 Å². The summed E-state index contributed by atoms with van der Waals surface area (Å²) in [6.45, 7) is 0.128. The molecule has 1 aromatic heterocycles. The molecule has 1 heterocycles. The molecule has 1 aromatic carbocycles. The molecule has 0 fully saturated rings. The Kier molecular flexibility index (Phi) is 4.28. The van der Waals surface area contributed by atoms with Gasteiger partial charge in [0.15, 0.2) is 0 Å². The van der Waals surface area contributed by atoms with Gasteiger partial charge in [0.1, 0.15) is 6.07 Å². The van der Waals surface area contributed by atoms with Crippen molar-refractivity contribution in [1.82, 2.24) is 9.97 Å². The molecule has 0 saturated heterocycles. The highest BCUT2D eigenvalue weighted by atomic mass is 32.2. The summed E-state index contributed by atoms with van der Waals surface area (Å²) in [5, 5.41) is 18.4. The van der Waals surface area contributed by atoms with Gasteiger partial charge in [-0.25, -0.2) is 4.98 Å². The molecule has 108 valence electrons. The quantitative estimate of drug-likeness (QED) is 0.852. The Morgan fingerprint density at radius 1 is 1.48 bits per heavy atom. The third kappa shape index (κ3) is 2.69. The van der Waals surface area contributed by atoms with Crippen molar-refractivity contribution < 1.29 is 5.11 Å². The Morgan fingerprint density at radius 3 is 3.10 bits per heavy atom. The topological polar surface area (TPSA) is 72.7 Å². The molecule has 0 radical (unpaired) electrons. The number of nitrogens with zero attached hydrogens (tertiary/aromatic N) is 2. The fraction of sp³-hybridized carbons (Fsp3) is 0.375. The molecule has 1 unspecified atom stereocenters. The summed E-state index contributed by atoms with van der Waals surface area (Å²) in [5.41, 5.74) is 4.43. The number of nitriles is 1. The lowest BCUT2D eigenvalue weighted by Crippen LogP contribution is -2.13. The molecule has 0 saturated carbocycles. The highest BCUT2D eigenvalue weighted by Gasteiger charge is 2.26. The van der Waals surface area contributed by atoms with Crippen molar-refractivity contribution in [3.63, 3.8) is 0 Å². The summed E-state index contributed by atoms with van der Waals surface area (Å²) in [4.78, 5) is 8.40. The Morgan fingerprint density at radius 2 is 2.38 bits per heavy atom. The maximum Gasteiger partial charge on any atom is 0.100 e. The lowest BCUT2D eigenvalue weighted by molar-refractivity contribution is 0.322. The van der Waals surface area contributed by atoms with E-state index in [4.69, 9.17) is 5.11 Å². The molecule has 4 nitrogen and oxygen atoms in total. The van der Waals surface area contributed by atoms with Crippen molar-refractivity contribution in [1.29, 1.82) is 5.26 Å². The van der Waals surface area contributed by atoms with Crippen molar-refractivity contribution in [2.24, 2.45) is 0 Å². The average molecular weight is 299 g/mol. The van der Waals surface area contributed by atoms with E-state index in [1.807, 2.05) is 12.3 Å². The van der Waals surface area contributed by atoms with Gasteiger partial charge in [0.2, 0.25) is 0 Å². The van der Waals surface area contributed by atoms with Crippen molar-refractivity contribution in [2.75, 3.05) is 12.4 Å². The first-order valence-electron chi connectivity index (χ1n) is 7.13. The molecular formula is C16H17N3OS. The van der Waals surface area contributed by atoms with E-state index in [1.165, 1.54) is 11.1 Å². The van der Waals surface area contributed by atoms with Crippen molar-refractivity contribution >= 4 is 11.8 Å². The van der Waals surface area contributed by atoms with Crippen molar-refractivity contribution in [3.05, 3.63) is 47.0 Å². The second kappa shape index (κ2) is 6.33. The van der Waals surface area contributed by atoms with Crippen LogP contribution < -0.4 is 0 Å². The van der Waals surface area contributed by atoms with Gasteiger partial charge in [0.25, 0.3) is 0 Å². The molecule has 1 aliphatic rings. The van der Waals surface area contributed by atoms with E-state index in [1.54, 1.807) is 18.1 Å². The number of imidazole rings is 1. The summed E-state index contributed by atoms with van der Waals surface area (Å²) >= 11 is 1.59. The van der Waals surface area contributed by atoms with Crippen LogP contribution in [0.5, 0.6) is 0 Å². The van der Waals surface area contributed by atoms with Crippen LogP contribution in [-0.2, 0) is 6.42 Å². The number of aromatic nitrogens is 2. The number of aliphatic hydroxyl groups excluding tert-OH is 1. The first-order valence-corrected chi connectivity index (χ1v) is 8.11. The largest absolute Gasteiger partial charge is 0.396 e. The minimum atomic E-state index is 0.128. The van der Waals surface area contributed by atoms with Crippen LogP contribution in [-0.4, -0.2) is 27.4 Å². The molecule has 21 heavy (non-hydrogen) atoms. The third-order valence-electron chi connectivity index (χ3n) is 3.94. The number of hydrogen-bond donors (Lipinski definition) is 2. The summed E-state index contributed by atoms with van der Waals surface area (Å²) in [5.74, 6) is 0.956. The Bertz CT molecular complexity index is 661. The molecule has 0 spiro atoms. The van der Waals surface area contributed by atoms with E-state index in [0.29, 0.717) is 11.7 Å². The number of fused-ring (bicyclic) bond motifs is 1. The normalized spacial score (nSPS) is 17.2. The smallest absolute Gasteiger partial charge is 0.100 e. The lowest BCUT2D eigenvalue weighted by Gasteiger charge is -2.27. The number of benzene rings is 1. The molecule has 2 aromatic rings. The summed E-state index contributed by atoms with van der Waals surface area (Å²) in [6, 6.07) is 6.28. The van der Waals surface area contributed by atoms with Gasteiger partial charge >= 0.3 is 0 Å². The summed E-state index contributed by atoms with van der Waals surface area (Å²) < 4.78 is 0. The molecule has 2 N–H and O–H groups in total. The summed E-state index contributed by atoms with van der Waals surface area (Å²) in [6.07, 6.45) is 6.82. The van der Waals surface area contributed by atoms with E-state index in [-0.39, 0.29) is 6.61 Å². The number of hydrogen-bond acceptors (Lipinski definition) is 4. The lowest BCUT2D eigenvalue weighted by atomic mass is 9.80. The van der Waals surface area contributed by atoms with E-state index >= 15 is 0 Å². The van der Waals surface area contributed by atoms with E-state index in [9.17, 15) is 5.26 Å². The maximum absolute atomic E-state index is 9.33. The van der Waals surface area contributed by atoms with Gasteiger partial charge in [-0.05, 0) is 36.5 Å². The Hall–Kier alpha value is -1.77. The van der Waals surface area contributed by atoms with E-state index < -0.39 is 0 Å². The molecule has 1 aliphatic carbocycles. The summed E-state index contributed by atoms with van der Waals surface area (Å²) in [7, 11) is 0. The van der Waals surface area contributed by atoms with Crippen molar-refractivity contribution in [3.8, 4) is 6.07 Å². The fourth-order valence-corrected chi connectivity index (χ4v) is 4.01. The SMILES string of the molecule is N#Cc1ccc2c(c1SCCO)CCCC2c1cnc[nH]1. The molecule has 1 atom stereocenters.